The fourth-order valence-electron chi connectivity index (χ4n) is 1.42. The zero-order chi connectivity index (χ0) is 13.5. The second-order valence-corrected chi connectivity index (χ2v) is 4.60. The summed E-state index contributed by atoms with van der Waals surface area (Å²) in [6.07, 6.45) is 1.18. The molecule has 100 valence electrons. The quantitative estimate of drug-likeness (QED) is 0.805. The van der Waals surface area contributed by atoms with Crippen LogP contribution in [0.4, 0.5) is 0 Å². The van der Waals surface area contributed by atoms with Crippen molar-refractivity contribution < 1.29 is 9.53 Å². The van der Waals surface area contributed by atoms with Crippen molar-refractivity contribution in [3.8, 4) is 5.75 Å². The van der Waals surface area contributed by atoms with Gasteiger partial charge in [0, 0.05) is 32.1 Å². The van der Waals surface area contributed by atoms with Gasteiger partial charge in [0.05, 0.1) is 6.61 Å². The summed E-state index contributed by atoms with van der Waals surface area (Å²) in [5, 5.41) is 0.611. The fourth-order valence-corrected chi connectivity index (χ4v) is 1.67. The lowest BCUT2D eigenvalue weighted by Crippen LogP contribution is -2.21. The molecule has 4 nitrogen and oxygen atoms in total. The summed E-state index contributed by atoms with van der Waals surface area (Å²) < 4.78 is 5.52. The molecular formula is C13H19ClN2O2. The summed E-state index contributed by atoms with van der Waals surface area (Å²) in [5.41, 5.74) is 6.41. The average Bonchev–Trinajstić information content (AvgIpc) is 2.34. The molecule has 2 N–H and O–H groups in total. The Balaban J connectivity index is 2.36. The molecule has 0 heterocycles. The number of ether oxygens (including phenoxy) is 1. The predicted octanol–water partition coefficient (Wildman–Crippen LogP) is 2.05. The largest absolute Gasteiger partial charge is 0.494 e. The smallest absolute Gasteiger partial charge is 0.222 e. The van der Waals surface area contributed by atoms with Crippen molar-refractivity contribution in [1.82, 2.24) is 4.90 Å². The van der Waals surface area contributed by atoms with Crippen LogP contribution in [0.1, 0.15) is 18.4 Å². The molecule has 1 aromatic rings. The molecule has 0 aromatic heterocycles. The van der Waals surface area contributed by atoms with Gasteiger partial charge < -0.3 is 15.4 Å². The highest BCUT2D eigenvalue weighted by Gasteiger charge is 2.04. The lowest BCUT2D eigenvalue weighted by Gasteiger charge is -2.11. The van der Waals surface area contributed by atoms with Crippen LogP contribution >= 0.6 is 11.6 Å². The van der Waals surface area contributed by atoms with Gasteiger partial charge in [-0.3, -0.25) is 4.79 Å². The molecule has 0 spiro atoms. The Bertz CT molecular complexity index is 408. The van der Waals surface area contributed by atoms with E-state index in [1.807, 2.05) is 12.1 Å². The summed E-state index contributed by atoms with van der Waals surface area (Å²) in [4.78, 5) is 12.9. The molecule has 0 aliphatic heterocycles. The standard InChI is InChI=1S/C13H19ClN2O2/c1-16(2)13(17)4-3-7-18-11-6-5-10(9-15)12(14)8-11/h5-6,8H,3-4,7,9,15H2,1-2H3. The molecule has 1 amide bonds. The molecule has 0 radical (unpaired) electrons. The highest BCUT2D eigenvalue weighted by molar-refractivity contribution is 6.31. The molecule has 5 heteroatoms. The second kappa shape index (κ2) is 7.24. The van der Waals surface area contributed by atoms with Crippen LogP contribution in [-0.2, 0) is 11.3 Å². The highest BCUT2D eigenvalue weighted by Crippen LogP contribution is 2.22. The average molecular weight is 271 g/mol. The summed E-state index contributed by atoms with van der Waals surface area (Å²) in [7, 11) is 3.49. The molecule has 0 saturated heterocycles. The Morgan fingerprint density at radius 2 is 2.17 bits per heavy atom. The van der Waals surface area contributed by atoms with Crippen LogP contribution in [0, 0.1) is 0 Å². The molecule has 0 bridgehead atoms. The molecule has 0 unspecified atom stereocenters. The number of carbonyl (C=O) groups excluding carboxylic acids is 1. The van der Waals surface area contributed by atoms with Crippen LogP contribution in [0.2, 0.25) is 5.02 Å². The number of hydrogen-bond donors (Lipinski definition) is 1. The van der Waals surface area contributed by atoms with Gasteiger partial charge in [0.2, 0.25) is 5.91 Å². The fraction of sp³-hybridized carbons (Fsp3) is 0.462. The second-order valence-electron chi connectivity index (χ2n) is 4.20. The van der Waals surface area contributed by atoms with E-state index in [2.05, 4.69) is 0 Å². The summed E-state index contributed by atoms with van der Waals surface area (Å²) >= 11 is 6.01. The summed E-state index contributed by atoms with van der Waals surface area (Å²) in [5.74, 6) is 0.810. The van der Waals surface area contributed by atoms with Gasteiger partial charge in [-0.2, -0.15) is 0 Å². The normalized spacial score (nSPS) is 10.2. The molecule has 0 fully saturated rings. The molecular weight excluding hydrogens is 252 g/mol. The number of nitrogens with zero attached hydrogens (tertiary/aromatic N) is 1. The first-order valence-corrected chi connectivity index (χ1v) is 6.24. The Morgan fingerprint density at radius 3 is 2.72 bits per heavy atom. The first-order chi connectivity index (χ1) is 8.54. The van der Waals surface area contributed by atoms with E-state index in [0.29, 0.717) is 36.8 Å². The van der Waals surface area contributed by atoms with Crippen LogP contribution in [0.3, 0.4) is 0 Å². The minimum atomic E-state index is 0.107. The van der Waals surface area contributed by atoms with E-state index in [1.54, 1.807) is 25.1 Å². The van der Waals surface area contributed by atoms with Crippen LogP contribution in [0.25, 0.3) is 0 Å². The zero-order valence-corrected chi connectivity index (χ0v) is 11.5. The van der Waals surface area contributed by atoms with Gasteiger partial charge in [0.25, 0.3) is 0 Å². The van der Waals surface area contributed by atoms with Crippen molar-refractivity contribution in [2.45, 2.75) is 19.4 Å². The number of carbonyl (C=O) groups is 1. The summed E-state index contributed by atoms with van der Waals surface area (Å²) in [6.45, 7) is 0.911. The molecule has 18 heavy (non-hydrogen) atoms. The Labute approximate surface area is 113 Å². The third kappa shape index (κ3) is 4.55. The van der Waals surface area contributed by atoms with Gasteiger partial charge in [-0.15, -0.1) is 0 Å². The third-order valence-corrected chi connectivity index (χ3v) is 2.90. The lowest BCUT2D eigenvalue weighted by molar-refractivity contribution is -0.128. The molecule has 0 saturated carbocycles. The van der Waals surface area contributed by atoms with Crippen molar-refractivity contribution in [2.24, 2.45) is 5.73 Å². The lowest BCUT2D eigenvalue weighted by atomic mass is 10.2. The van der Waals surface area contributed by atoms with Gasteiger partial charge >= 0.3 is 0 Å². The van der Waals surface area contributed by atoms with Crippen molar-refractivity contribution in [2.75, 3.05) is 20.7 Å². The van der Waals surface area contributed by atoms with Crippen molar-refractivity contribution in [1.29, 1.82) is 0 Å². The first kappa shape index (κ1) is 14.8. The minimum absolute atomic E-state index is 0.107. The van der Waals surface area contributed by atoms with E-state index in [-0.39, 0.29) is 5.91 Å². The van der Waals surface area contributed by atoms with Crippen LogP contribution in [0.5, 0.6) is 5.75 Å². The molecule has 1 aromatic carbocycles. The number of halogens is 1. The minimum Gasteiger partial charge on any atom is -0.494 e. The maximum Gasteiger partial charge on any atom is 0.222 e. The van der Waals surface area contributed by atoms with E-state index in [0.717, 1.165) is 5.56 Å². The molecule has 1 rings (SSSR count). The van der Waals surface area contributed by atoms with E-state index in [9.17, 15) is 4.79 Å². The first-order valence-electron chi connectivity index (χ1n) is 5.86. The number of benzene rings is 1. The highest BCUT2D eigenvalue weighted by atomic mass is 35.5. The third-order valence-electron chi connectivity index (χ3n) is 2.55. The Kier molecular flexibility index (Phi) is 5.95. The number of amides is 1. The summed E-state index contributed by atoms with van der Waals surface area (Å²) in [6, 6.07) is 5.43. The molecule has 0 aliphatic carbocycles. The maximum atomic E-state index is 11.3. The van der Waals surface area contributed by atoms with Crippen molar-refractivity contribution >= 4 is 17.5 Å². The monoisotopic (exact) mass is 270 g/mol. The van der Waals surface area contributed by atoms with Gasteiger partial charge in [-0.1, -0.05) is 17.7 Å². The van der Waals surface area contributed by atoms with Gasteiger partial charge in [-0.05, 0) is 24.1 Å². The topological polar surface area (TPSA) is 55.6 Å². The zero-order valence-electron chi connectivity index (χ0n) is 10.8. The Hall–Kier alpha value is -1.26. The van der Waals surface area contributed by atoms with Gasteiger partial charge in [0.1, 0.15) is 5.75 Å². The van der Waals surface area contributed by atoms with E-state index in [4.69, 9.17) is 22.1 Å². The van der Waals surface area contributed by atoms with Gasteiger partial charge in [0.15, 0.2) is 0 Å². The number of nitrogens with two attached hydrogens (primary N) is 1. The van der Waals surface area contributed by atoms with E-state index >= 15 is 0 Å². The van der Waals surface area contributed by atoms with E-state index in [1.165, 1.54) is 0 Å². The SMILES string of the molecule is CN(C)C(=O)CCCOc1ccc(CN)c(Cl)c1. The number of hydrogen-bond acceptors (Lipinski definition) is 3. The van der Waals surface area contributed by atoms with Crippen molar-refractivity contribution in [3.63, 3.8) is 0 Å². The van der Waals surface area contributed by atoms with Crippen LogP contribution in [0.15, 0.2) is 18.2 Å². The van der Waals surface area contributed by atoms with Crippen molar-refractivity contribution in [3.05, 3.63) is 28.8 Å². The van der Waals surface area contributed by atoms with Crippen LogP contribution < -0.4 is 10.5 Å². The molecule has 0 aliphatic rings. The maximum absolute atomic E-state index is 11.3. The predicted molar refractivity (Wildman–Crippen MR) is 72.8 cm³/mol. The number of rotatable bonds is 6. The van der Waals surface area contributed by atoms with E-state index < -0.39 is 0 Å². The van der Waals surface area contributed by atoms with Crippen LogP contribution in [-0.4, -0.2) is 31.5 Å². The Morgan fingerprint density at radius 1 is 1.44 bits per heavy atom. The van der Waals surface area contributed by atoms with Gasteiger partial charge in [-0.25, -0.2) is 0 Å². The molecule has 0 atom stereocenters.